The number of amides is 2. The SMILES string of the molecule is Cc1cccc(C(=O)Nc2ccc(C(=O)N/N=C\c3ccccc3OC(=O)c3ccc(Cl)cc3Cl)cc2)c1. The van der Waals surface area contributed by atoms with Gasteiger partial charge in [-0.15, -0.1) is 0 Å². The number of carbonyl (C=O) groups is 3. The maximum Gasteiger partial charge on any atom is 0.345 e. The predicted octanol–water partition coefficient (Wildman–Crippen LogP) is 6.54. The van der Waals surface area contributed by atoms with Gasteiger partial charge in [-0.1, -0.05) is 53.0 Å². The Labute approximate surface area is 229 Å². The summed E-state index contributed by atoms with van der Waals surface area (Å²) < 4.78 is 5.47. The molecular weight excluding hydrogens is 525 g/mol. The van der Waals surface area contributed by atoms with Crippen LogP contribution in [0, 0.1) is 6.92 Å². The number of aryl methyl sites for hydroxylation is 1. The Hall–Kier alpha value is -4.46. The molecule has 0 aliphatic heterocycles. The highest BCUT2D eigenvalue weighted by atomic mass is 35.5. The fourth-order valence-electron chi connectivity index (χ4n) is 3.41. The van der Waals surface area contributed by atoms with Gasteiger partial charge in [-0.3, -0.25) is 9.59 Å². The summed E-state index contributed by atoms with van der Waals surface area (Å²) in [6.45, 7) is 1.91. The number of hydrazone groups is 1. The summed E-state index contributed by atoms with van der Waals surface area (Å²) in [4.78, 5) is 37.5. The Kier molecular flexibility index (Phi) is 8.53. The van der Waals surface area contributed by atoms with Crippen LogP contribution >= 0.6 is 23.2 Å². The molecule has 38 heavy (non-hydrogen) atoms. The minimum atomic E-state index is -0.661. The molecule has 0 aliphatic rings. The molecule has 0 bridgehead atoms. The lowest BCUT2D eigenvalue weighted by Crippen LogP contribution is -2.18. The minimum Gasteiger partial charge on any atom is -0.422 e. The number of nitrogens with zero attached hydrogens (tertiary/aromatic N) is 1. The van der Waals surface area contributed by atoms with Crippen LogP contribution in [-0.4, -0.2) is 24.0 Å². The summed E-state index contributed by atoms with van der Waals surface area (Å²) in [5.41, 5.74) is 5.47. The van der Waals surface area contributed by atoms with Crippen LogP contribution < -0.4 is 15.5 Å². The zero-order valence-corrected chi connectivity index (χ0v) is 21.6. The normalized spacial score (nSPS) is 10.7. The molecule has 0 aromatic heterocycles. The fourth-order valence-corrected chi connectivity index (χ4v) is 3.90. The van der Waals surface area contributed by atoms with Crippen molar-refractivity contribution in [1.29, 1.82) is 0 Å². The third-order valence-electron chi connectivity index (χ3n) is 5.33. The van der Waals surface area contributed by atoms with Crippen LogP contribution in [-0.2, 0) is 0 Å². The Morgan fingerprint density at radius 1 is 0.816 bits per heavy atom. The van der Waals surface area contributed by atoms with Crippen LogP contribution in [0.5, 0.6) is 5.75 Å². The quantitative estimate of drug-likeness (QED) is 0.119. The summed E-state index contributed by atoms with van der Waals surface area (Å²) >= 11 is 12.0. The number of nitrogens with one attached hydrogen (secondary N) is 2. The lowest BCUT2D eigenvalue weighted by Gasteiger charge is -2.09. The van der Waals surface area contributed by atoms with E-state index >= 15 is 0 Å². The Morgan fingerprint density at radius 3 is 2.32 bits per heavy atom. The van der Waals surface area contributed by atoms with Crippen LogP contribution in [0.25, 0.3) is 0 Å². The van der Waals surface area contributed by atoms with Crippen LogP contribution in [0.3, 0.4) is 0 Å². The molecule has 2 amide bonds. The highest BCUT2D eigenvalue weighted by molar-refractivity contribution is 6.36. The molecule has 0 spiro atoms. The third kappa shape index (κ3) is 6.85. The molecular formula is C29H21Cl2N3O4. The lowest BCUT2D eigenvalue weighted by molar-refractivity contribution is 0.0734. The Morgan fingerprint density at radius 2 is 1.58 bits per heavy atom. The number of carbonyl (C=O) groups excluding carboxylic acids is 3. The van der Waals surface area contributed by atoms with E-state index in [1.807, 2.05) is 19.1 Å². The van der Waals surface area contributed by atoms with Gasteiger partial charge in [0.1, 0.15) is 5.75 Å². The number of halogens is 2. The minimum absolute atomic E-state index is 0.162. The van der Waals surface area contributed by atoms with Gasteiger partial charge in [-0.25, -0.2) is 10.2 Å². The standard InChI is InChI=1S/C29H21Cl2N3O4/c1-18-5-4-7-20(15-18)27(35)33-23-12-9-19(10-13-23)28(36)34-32-17-21-6-2-3-8-26(21)38-29(37)24-14-11-22(30)16-25(24)31/h2-17H,1H3,(H,33,35)(H,34,36)/b32-17-. The van der Waals surface area contributed by atoms with Crippen molar-refractivity contribution in [2.45, 2.75) is 6.92 Å². The van der Waals surface area contributed by atoms with Gasteiger partial charge in [-0.05, 0) is 73.7 Å². The number of hydrogen-bond acceptors (Lipinski definition) is 5. The maximum atomic E-state index is 12.6. The molecule has 0 unspecified atom stereocenters. The van der Waals surface area contributed by atoms with E-state index in [9.17, 15) is 14.4 Å². The number of anilines is 1. The molecule has 4 rings (SSSR count). The molecule has 4 aromatic carbocycles. The van der Waals surface area contributed by atoms with Crippen molar-refractivity contribution in [1.82, 2.24) is 5.43 Å². The van der Waals surface area contributed by atoms with E-state index in [1.54, 1.807) is 60.7 Å². The second-order valence-corrected chi connectivity index (χ2v) is 9.00. The Bertz CT molecular complexity index is 1540. The molecule has 0 radical (unpaired) electrons. The van der Waals surface area contributed by atoms with Gasteiger partial charge in [0.25, 0.3) is 11.8 Å². The Balaban J connectivity index is 1.37. The van der Waals surface area contributed by atoms with Gasteiger partial charge in [0.2, 0.25) is 0 Å². The molecule has 0 atom stereocenters. The number of hydrogen-bond donors (Lipinski definition) is 2. The first-order valence-electron chi connectivity index (χ1n) is 11.4. The van der Waals surface area contributed by atoms with Crippen LogP contribution in [0.4, 0.5) is 5.69 Å². The second kappa shape index (κ2) is 12.2. The highest BCUT2D eigenvalue weighted by Crippen LogP contribution is 2.24. The number of benzene rings is 4. The summed E-state index contributed by atoms with van der Waals surface area (Å²) in [6.07, 6.45) is 1.36. The molecule has 0 saturated carbocycles. The first kappa shape index (κ1) is 26.6. The van der Waals surface area contributed by atoms with Crippen molar-refractivity contribution in [3.05, 3.63) is 129 Å². The summed E-state index contributed by atoms with van der Waals surface area (Å²) in [6, 6.07) is 24.8. The molecule has 4 aromatic rings. The summed E-state index contributed by atoms with van der Waals surface area (Å²) in [7, 11) is 0. The smallest absolute Gasteiger partial charge is 0.345 e. The molecule has 0 aliphatic carbocycles. The maximum absolute atomic E-state index is 12.6. The van der Waals surface area contributed by atoms with Gasteiger partial charge in [0.05, 0.1) is 16.8 Å². The number of rotatable bonds is 7. The monoisotopic (exact) mass is 545 g/mol. The van der Waals surface area contributed by atoms with E-state index in [2.05, 4.69) is 15.8 Å². The number of para-hydroxylation sites is 1. The van der Waals surface area contributed by atoms with Crippen molar-refractivity contribution >= 4 is 52.9 Å². The first-order valence-corrected chi connectivity index (χ1v) is 12.1. The van der Waals surface area contributed by atoms with Gasteiger partial charge < -0.3 is 10.1 Å². The first-order chi connectivity index (χ1) is 18.3. The van der Waals surface area contributed by atoms with Crippen molar-refractivity contribution in [2.24, 2.45) is 5.10 Å². The van der Waals surface area contributed by atoms with Crippen LogP contribution in [0.15, 0.2) is 96.1 Å². The average Bonchev–Trinajstić information content (AvgIpc) is 2.90. The van der Waals surface area contributed by atoms with E-state index in [0.717, 1.165) is 5.56 Å². The van der Waals surface area contributed by atoms with E-state index in [1.165, 1.54) is 24.4 Å². The largest absolute Gasteiger partial charge is 0.422 e. The summed E-state index contributed by atoms with van der Waals surface area (Å²) in [5.74, 6) is -1.13. The van der Waals surface area contributed by atoms with Crippen LogP contribution in [0.1, 0.15) is 42.2 Å². The van der Waals surface area contributed by atoms with E-state index in [-0.39, 0.29) is 22.2 Å². The van der Waals surface area contributed by atoms with Gasteiger partial charge in [0, 0.05) is 27.4 Å². The van der Waals surface area contributed by atoms with E-state index in [0.29, 0.717) is 27.4 Å². The molecule has 0 fully saturated rings. The van der Waals surface area contributed by atoms with Crippen molar-refractivity contribution < 1.29 is 19.1 Å². The molecule has 2 N–H and O–H groups in total. The highest BCUT2D eigenvalue weighted by Gasteiger charge is 2.15. The third-order valence-corrected chi connectivity index (χ3v) is 5.88. The number of ether oxygens (including phenoxy) is 1. The van der Waals surface area contributed by atoms with Crippen molar-refractivity contribution in [3.63, 3.8) is 0 Å². The number of esters is 1. The average molecular weight is 546 g/mol. The van der Waals surface area contributed by atoms with E-state index < -0.39 is 11.9 Å². The fraction of sp³-hybridized carbons (Fsp3) is 0.0345. The molecule has 190 valence electrons. The lowest BCUT2D eigenvalue weighted by atomic mass is 10.1. The topological polar surface area (TPSA) is 96.9 Å². The molecule has 0 heterocycles. The zero-order valence-electron chi connectivity index (χ0n) is 20.1. The van der Waals surface area contributed by atoms with Crippen molar-refractivity contribution in [2.75, 3.05) is 5.32 Å². The van der Waals surface area contributed by atoms with Gasteiger partial charge >= 0.3 is 5.97 Å². The summed E-state index contributed by atoms with van der Waals surface area (Å²) in [5, 5.41) is 7.34. The van der Waals surface area contributed by atoms with Gasteiger partial charge in [0.15, 0.2) is 0 Å². The zero-order chi connectivity index (χ0) is 27.1. The molecule has 0 saturated heterocycles. The molecule has 9 heteroatoms. The predicted molar refractivity (Wildman–Crippen MR) is 148 cm³/mol. The second-order valence-electron chi connectivity index (χ2n) is 8.15. The van der Waals surface area contributed by atoms with Gasteiger partial charge in [-0.2, -0.15) is 5.10 Å². The van der Waals surface area contributed by atoms with Crippen LogP contribution in [0.2, 0.25) is 10.0 Å². The van der Waals surface area contributed by atoms with E-state index in [4.69, 9.17) is 27.9 Å². The molecule has 7 nitrogen and oxygen atoms in total. The van der Waals surface area contributed by atoms with Crippen molar-refractivity contribution in [3.8, 4) is 5.75 Å².